The molecule has 3 heterocycles. The highest BCUT2D eigenvalue weighted by molar-refractivity contribution is 6.30. The SMILES string of the molecule is CN1CCC(C/N=c2\cc3n(-c4ccc(Cl)cc4)c4ccccc4nc-3cc2Nc2cccnc2)CC1. The summed E-state index contributed by atoms with van der Waals surface area (Å²) < 4.78 is 2.25. The molecule has 0 spiro atoms. The number of pyridine rings is 1. The van der Waals surface area contributed by atoms with Gasteiger partial charge in [0.1, 0.15) is 0 Å². The number of fused-ring (bicyclic) bond motifs is 2. The van der Waals surface area contributed by atoms with E-state index >= 15 is 0 Å². The van der Waals surface area contributed by atoms with E-state index in [0.717, 1.165) is 64.5 Å². The molecule has 0 saturated carbocycles. The topological polar surface area (TPSA) is 58.3 Å². The fourth-order valence-corrected chi connectivity index (χ4v) is 5.13. The highest BCUT2D eigenvalue weighted by Crippen LogP contribution is 2.31. The van der Waals surface area contributed by atoms with E-state index in [2.05, 4.69) is 45.0 Å². The van der Waals surface area contributed by atoms with Crippen LogP contribution in [-0.4, -0.2) is 46.1 Å². The third kappa shape index (κ3) is 5.08. The lowest BCUT2D eigenvalue weighted by molar-refractivity contribution is 0.223. The van der Waals surface area contributed by atoms with E-state index in [4.69, 9.17) is 21.6 Å². The van der Waals surface area contributed by atoms with Crippen molar-refractivity contribution in [2.24, 2.45) is 10.9 Å². The average molecular weight is 509 g/mol. The Morgan fingerprint density at radius 2 is 1.81 bits per heavy atom. The molecule has 1 aliphatic carbocycles. The minimum Gasteiger partial charge on any atom is -0.352 e. The number of hydrogen-bond donors (Lipinski definition) is 1. The van der Waals surface area contributed by atoms with Crippen molar-refractivity contribution in [3.8, 4) is 17.1 Å². The number of likely N-dealkylation sites (tertiary alicyclic amines) is 1. The normalized spacial score (nSPS) is 15.5. The maximum Gasteiger partial charge on any atom is 0.0900 e. The van der Waals surface area contributed by atoms with Gasteiger partial charge in [-0.3, -0.25) is 9.98 Å². The first-order chi connectivity index (χ1) is 18.1. The van der Waals surface area contributed by atoms with Crippen molar-refractivity contribution < 1.29 is 0 Å². The fourth-order valence-electron chi connectivity index (χ4n) is 5.01. The third-order valence-corrected chi connectivity index (χ3v) is 7.33. The molecule has 186 valence electrons. The van der Waals surface area contributed by atoms with Crippen LogP contribution in [0.2, 0.25) is 5.02 Å². The third-order valence-electron chi connectivity index (χ3n) is 7.08. The smallest absolute Gasteiger partial charge is 0.0900 e. The molecule has 6 rings (SSSR count). The summed E-state index contributed by atoms with van der Waals surface area (Å²) in [6.07, 6.45) is 5.96. The number of nitrogens with one attached hydrogen (secondary N) is 1. The van der Waals surface area contributed by atoms with Crippen LogP contribution in [0.15, 0.2) is 90.2 Å². The number of aromatic nitrogens is 3. The molecule has 0 radical (unpaired) electrons. The van der Waals surface area contributed by atoms with Crippen molar-refractivity contribution in [1.82, 2.24) is 19.4 Å². The standard InChI is InChI=1S/C30H29ClN6/c1-36-15-12-21(13-16-36)19-33-26-18-30-28(17-27(26)34-23-5-4-14-32-20-23)35-25-6-2-3-7-29(25)37(30)24-10-8-22(31)9-11-24/h2-11,14,17-18,20-21,34H,12-13,15-16,19H2,1H3/b33-26+. The number of piperidine rings is 1. The van der Waals surface area contributed by atoms with E-state index in [1.807, 2.05) is 60.8 Å². The van der Waals surface area contributed by atoms with Gasteiger partial charge >= 0.3 is 0 Å². The van der Waals surface area contributed by atoms with Crippen molar-refractivity contribution >= 4 is 34.0 Å². The van der Waals surface area contributed by atoms with E-state index in [1.54, 1.807) is 6.20 Å². The van der Waals surface area contributed by atoms with Crippen molar-refractivity contribution in [1.29, 1.82) is 0 Å². The van der Waals surface area contributed by atoms with Crippen molar-refractivity contribution in [2.75, 3.05) is 32.0 Å². The molecule has 3 aliphatic rings. The fraction of sp³-hybridized carbons (Fsp3) is 0.233. The summed E-state index contributed by atoms with van der Waals surface area (Å²) in [6, 6.07) is 24.4. The van der Waals surface area contributed by atoms with Gasteiger partial charge in [-0.25, -0.2) is 4.98 Å². The maximum absolute atomic E-state index is 6.23. The van der Waals surface area contributed by atoms with Crippen LogP contribution in [0.3, 0.4) is 0 Å². The summed E-state index contributed by atoms with van der Waals surface area (Å²) in [5, 5.41) is 5.18. The van der Waals surface area contributed by atoms with Gasteiger partial charge in [-0.1, -0.05) is 23.7 Å². The number of benzene rings is 3. The lowest BCUT2D eigenvalue weighted by Gasteiger charge is -2.27. The van der Waals surface area contributed by atoms with Gasteiger partial charge in [-0.05, 0) is 99.6 Å². The molecule has 1 saturated heterocycles. The predicted molar refractivity (Wildman–Crippen MR) is 151 cm³/mol. The number of halogens is 1. The summed E-state index contributed by atoms with van der Waals surface area (Å²) in [7, 11) is 2.19. The highest BCUT2D eigenvalue weighted by atomic mass is 35.5. The second-order valence-corrected chi connectivity index (χ2v) is 10.2. The minimum absolute atomic E-state index is 0.594. The largest absolute Gasteiger partial charge is 0.352 e. The van der Waals surface area contributed by atoms with Crippen LogP contribution in [0.25, 0.3) is 28.1 Å². The summed E-state index contributed by atoms with van der Waals surface area (Å²) in [5.74, 6) is 0.594. The molecule has 6 nitrogen and oxygen atoms in total. The average Bonchev–Trinajstić information content (AvgIpc) is 2.93. The molecule has 2 aliphatic heterocycles. The van der Waals surface area contributed by atoms with Crippen LogP contribution in [0, 0.1) is 5.92 Å². The van der Waals surface area contributed by atoms with E-state index in [1.165, 1.54) is 12.8 Å². The molecule has 0 atom stereocenters. The van der Waals surface area contributed by atoms with Gasteiger partial charge in [-0.15, -0.1) is 0 Å². The molecule has 37 heavy (non-hydrogen) atoms. The zero-order valence-corrected chi connectivity index (χ0v) is 21.6. The Morgan fingerprint density at radius 1 is 1.00 bits per heavy atom. The van der Waals surface area contributed by atoms with E-state index < -0.39 is 0 Å². The highest BCUT2D eigenvalue weighted by Gasteiger charge is 2.18. The van der Waals surface area contributed by atoms with Crippen molar-refractivity contribution in [2.45, 2.75) is 12.8 Å². The van der Waals surface area contributed by atoms with Crippen LogP contribution >= 0.6 is 11.6 Å². The number of hydrogen-bond acceptors (Lipinski definition) is 5. The maximum atomic E-state index is 6.23. The Bertz CT molecular complexity index is 1550. The van der Waals surface area contributed by atoms with Crippen molar-refractivity contribution in [3.63, 3.8) is 0 Å². The van der Waals surface area contributed by atoms with Crippen LogP contribution in [0.4, 0.5) is 11.4 Å². The van der Waals surface area contributed by atoms with Crippen LogP contribution in [0.1, 0.15) is 12.8 Å². The summed E-state index contributed by atoms with van der Waals surface area (Å²) in [5.41, 5.74) is 6.73. The number of anilines is 2. The van der Waals surface area contributed by atoms with Gasteiger partial charge in [0.2, 0.25) is 0 Å². The van der Waals surface area contributed by atoms with E-state index in [-0.39, 0.29) is 0 Å². The summed E-state index contributed by atoms with van der Waals surface area (Å²) in [6.45, 7) is 3.07. The summed E-state index contributed by atoms with van der Waals surface area (Å²) in [4.78, 5) is 16.9. The molecule has 2 aromatic carbocycles. The molecule has 7 heteroatoms. The first kappa shape index (κ1) is 23.6. The van der Waals surface area contributed by atoms with Crippen LogP contribution < -0.4 is 10.7 Å². The molecule has 1 fully saturated rings. The Labute approximate surface area is 221 Å². The molecular weight excluding hydrogens is 480 g/mol. The molecule has 3 aromatic rings. The minimum atomic E-state index is 0.594. The number of para-hydroxylation sites is 2. The summed E-state index contributed by atoms with van der Waals surface area (Å²) >= 11 is 6.23. The second kappa shape index (κ2) is 10.3. The zero-order valence-electron chi connectivity index (χ0n) is 20.8. The predicted octanol–water partition coefficient (Wildman–Crippen LogP) is 6.16. The number of nitrogens with zero attached hydrogens (tertiary/aromatic N) is 5. The van der Waals surface area contributed by atoms with Crippen LogP contribution in [0.5, 0.6) is 0 Å². The van der Waals surface area contributed by atoms with E-state index in [9.17, 15) is 0 Å². The monoisotopic (exact) mass is 508 g/mol. The Morgan fingerprint density at radius 3 is 2.59 bits per heavy atom. The molecular formula is C30H29ClN6. The first-order valence-electron chi connectivity index (χ1n) is 12.7. The lowest BCUT2D eigenvalue weighted by atomic mass is 9.97. The van der Waals surface area contributed by atoms with Gasteiger partial charge in [0.05, 0.1) is 45.4 Å². The first-order valence-corrected chi connectivity index (χ1v) is 13.1. The lowest BCUT2D eigenvalue weighted by Crippen LogP contribution is -2.31. The Balaban J connectivity index is 1.54. The molecule has 0 amide bonds. The van der Waals surface area contributed by atoms with Crippen LogP contribution in [-0.2, 0) is 0 Å². The Kier molecular flexibility index (Phi) is 6.60. The van der Waals surface area contributed by atoms with E-state index in [0.29, 0.717) is 10.9 Å². The molecule has 0 bridgehead atoms. The van der Waals surface area contributed by atoms with Gasteiger partial charge in [0, 0.05) is 23.5 Å². The molecule has 0 unspecified atom stereocenters. The van der Waals surface area contributed by atoms with Gasteiger partial charge < -0.3 is 14.8 Å². The number of rotatable bonds is 5. The molecule has 1 aromatic heterocycles. The zero-order chi connectivity index (χ0) is 25.2. The second-order valence-electron chi connectivity index (χ2n) is 9.72. The molecule has 1 N–H and O–H groups in total. The van der Waals surface area contributed by atoms with Gasteiger partial charge in [0.15, 0.2) is 0 Å². The van der Waals surface area contributed by atoms with Gasteiger partial charge in [-0.2, -0.15) is 0 Å². The van der Waals surface area contributed by atoms with Crippen molar-refractivity contribution in [3.05, 3.63) is 95.6 Å². The Hall–Kier alpha value is -3.74. The quantitative estimate of drug-likeness (QED) is 0.289. The van der Waals surface area contributed by atoms with Gasteiger partial charge in [0.25, 0.3) is 0 Å².